The maximum Gasteiger partial charge on any atom is 0.0705 e. The molecule has 1 aromatic heterocycles. The van der Waals surface area contributed by atoms with Crippen molar-refractivity contribution < 1.29 is 0 Å². The second-order valence-electron chi connectivity index (χ2n) is 3.77. The van der Waals surface area contributed by atoms with E-state index in [1.165, 1.54) is 10.9 Å². The smallest absolute Gasteiger partial charge is 0.0705 e. The number of pyridine rings is 1. The Morgan fingerprint density at radius 2 is 1.81 bits per heavy atom. The van der Waals surface area contributed by atoms with Crippen LogP contribution < -0.4 is 0 Å². The summed E-state index contributed by atoms with van der Waals surface area (Å²) < 4.78 is 0. The summed E-state index contributed by atoms with van der Waals surface area (Å²) >= 11 is 0. The summed E-state index contributed by atoms with van der Waals surface area (Å²) in [5.74, 6) is 0. The highest BCUT2D eigenvalue weighted by Gasteiger charge is 2.03. The van der Waals surface area contributed by atoms with Crippen LogP contribution in [0, 0.1) is 0 Å². The molecule has 0 amide bonds. The highest BCUT2D eigenvalue weighted by molar-refractivity contribution is 5.79. The van der Waals surface area contributed by atoms with E-state index in [2.05, 4.69) is 30.3 Å². The minimum absolute atomic E-state index is 0.813. The molecule has 0 aliphatic carbocycles. The summed E-state index contributed by atoms with van der Waals surface area (Å²) in [5, 5.41) is 1.19. The summed E-state index contributed by atoms with van der Waals surface area (Å²) in [4.78, 5) is 4.66. The zero-order chi connectivity index (χ0) is 11.4. The van der Waals surface area contributed by atoms with Gasteiger partial charge in [0.25, 0.3) is 0 Å². The number of nitrogens with zero attached hydrogens (tertiary/aromatic N) is 1. The molecule has 0 spiro atoms. The van der Waals surface area contributed by atoms with Crippen molar-refractivity contribution in [2.24, 2.45) is 0 Å². The molecule has 1 heterocycles. The quantitative estimate of drug-likeness (QED) is 0.700. The van der Waals surface area contributed by atoms with Crippen LogP contribution in [0.5, 0.6) is 0 Å². The molecule has 2 aromatic rings. The molecule has 80 valence electrons. The van der Waals surface area contributed by atoms with E-state index in [0.717, 1.165) is 24.1 Å². The maximum atomic E-state index is 4.66. The molecule has 1 heteroatoms. The lowest BCUT2D eigenvalue weighted by molar-refractivity contribution is 1.07. The summed E-state index contributed by atoms with van der Waals surface area (Å²) in [6, 6.07) is 10.4. The van der Waals surface area contributed by atoms with Crippen LogP contribution in [-0.4, -0.2) is 4.98 Å². The largest absolute Gasteiger partial charge is 0.252 e. The number of fused-ring (bicyclic) bond motifs is 1. The third-order valence-electron chi connectivity index (χ3n) is 2.59. The lowest BCUT2D eigenvalue weighted by atomic mass is 10.0. The van der Waals surface area contributed by atoms with Gasteiger partial charge in [-0.2, -0.15) is 0 Å². The molecule has 0 saturated carbocycles. The van der Waals surface area contributed by atoms with Gasteiger partial charge in [0.15, 0.2) is 0 Å². The highest BCUT2D eigenvalue weighted by atomic mass is 14.7. The van der Waals surface area contributed by atoms with E-state index < -0.39 is 0 Å². The second kappa shape index (κ2) is 4.75. The van der Waals surface area contributed by atoms with Gasteiger partial charge in [-0.1, -0.05) is 30.4 Å². The third-order valence-corrected chi connectivity index (χ3v) is 2.59. The van der Waals surface area contributed by atoms with E-state index in [4.69, 9.17) is 0 Å². The van der Waals surface area contributed by atoms with Crippen LogP contribution in [0.4, 0.5) is 0 Å². The standard InChI is InChI=1S/C15H15N/c1-3-7-12-11-13-9-5-6-10-15(13)16-14(12)8-4-2/h3-6,9-11H,1-2,7-8H2. The van der Waals surface area contributed by atoms with Crippen LogP contribution in [0.25, 0.3) is 10.9 Å². The molecule has 0 aliphatic heterocycles. The Bertz CT molecular complexity index is 477. The molecular formula is C15H15N. The van der Waals surface area contributed by atoms with Crippen LogP contribution in [0.1, 0.15) is 11.3 Å². The predicted molar refractivity (Wildman–Crippen MR) is 69.5 cm³/mol. The van der Waals surface area contributed by atoms with E-state index in [0.29, 0.717) is 0 Å². The van der Waals surface area contributed by atoms with E-state index in [1.54, 1.807) is 0 Å². The highest BCUT2D eigenvalue weighted by Crippen LogP contribution is 2.18. The first-order valence-electron chi connectivity index (χ1n) is 5.44. The molecule has 0 unspecified atom stereocenters. The van der Waals surface area contributed by atoms with E-state index in [1.807, 2.05) is 30.4 Å². The first-order valence-corrected chi connectivity index (χ1v) is 5.44. The summed E-state index contributed by atoms with van der Waals surface area (Å²) in [6.45, 7) is 7.56. The zero-order valence-electron chi connectivity index (χ0n) is 9.32. The van der Waals surface area contributed by atoms with Crippen LogP contribution in [0.3, 0.4) is 0 Å². The number of allylic oxidation sites excluding steroid dienone is 2. The van der Waals surface area contributed by atoms with Crippen molar-refractivity contribution in [3.63, 3.8) is 0 Å². The van der Waals surface area contributed by atoms with Gasteiger partial charge >= 0.3 is 0 Å². The van der Waals surface area contributed by atoms with Crippen molar-refractivity contribution in [1.82, 2.24) is 4.98 Å². The van der Waals surface area contributed by atoms with Gasteiger partial charge in [-0.15, -0.1) is 13.2 Å². The minimum Gasteiger partial charge on any atom is -0.252 e. The fraction of sp³-hybridized carbons (Fsp3) is 0.133. The monoisotopic (exact) mass is 209 g/mol. The van der Waals surface area contributed by atoms with Gasteiger partial charge in [0.05, 0.1) is 5.52 Å². The molecular weight excluding hydrogens is 194 g/mol. The molecule has 2 rings (SSSR count). The van der Waals surface area contributed by atoms with Gasteiger partial charge in [-0.05, 0) is 24.1 Å². The first-order chi connectivity index (χ1) is 7.85. The van der Waals surface area contributed by atoms with Crippen LogP contribution in [-0.2, 0) is 12.8 Å². The number of para-hydroxylation sites is 1. The number of aromatic nitrogens is 1. The average molecular weight is 209 g/mol. The van der Waals surface area contributed by atoms with Crippen LogP contribution >= 0.6 is 0 Å². The van der Waals surface area contributed by atoms with Gasteiger partial charge in [-0.25, -0.2) is 0 Å². The molecule has 1 aromatic carbocycles. The Labute approximate surface area is 96.1 Å². The fourth-order valence-electron chi connectivity index (χ4n) is 1.85. The van der Waals surface area contributed by atoms with E-state index >= 15 is 0 Å². The van der Waals surface area contributed by atoms with Crippen molar-refractivity contribution in [3.05, 3.63) is 66.9 Å². The Morgan fingerprint density at radius 1 is 1.06 bits per heavy atom. The van der Waals surface area contributed by atoms with Gasteiger partial charge < -0.3 is 0 Å². The Morgan fingerprint density at radius 3 is 2.56 bits per heavy atom. The number of rotatable bonds is 4. The maximum absolute atomic E-state index is 4.66. The molecule has 1 nitrogen and oxygen atoms in total. The number of hydrogen-bond donors (Lipinski definition) is 0. The molecule has 0 atom stereocenters. The summed E-state index contributed by atoms with van der Waals surface area (Å²) in [7, 11) is 0. The third kappa shape index (κ3) is 2.03. The summed E-state index contributed by atoms with van der Waals surface area (Å²) in [5.41, 5.74) is 3.40. The Hall–Kier alpha value is -1.89. The lowest BCUT2D eigenvalue weighted by Gasteiger charge is -2.07. The first kappa shape index (κ1) is 10.6. The molecule has 0 N–H and O–H groups in total. The van der Waals surface area contributed by atoms with Crippen molar-refractivity contribution in [2.45, 2.75) is 12.8 Å². The lowest BCUT2D eigenvalue weighted by Crippen LogP contribution is -1.96. The normalized spacial score (nSPS) is 10.2. The van der Waals surface area contributed by atoms with Gasteiger partial charge in [-0.3, -0.25) is 4.98 Å². The molecule has 0 saturated heterocycles. The molecule has 0 fully saturated rings. The van der Waals surface area contributed by atoms with E-state index in [9.17, 15) is 0 Å². The van der Waals surface area contributed by atoms with Crippen molar-refractivity contribution in [3.8, 4) is 0 Å². The number of hydrogen-bond acceptors (Lipinski definition) is 1. The number of benzene rings is 1. The van der Waals surface area contributed by atoms with Gasteiger partial charge in [0.2, 0.25) is 0 Å². The molecule has 16 heavy (non-hydrogen) atoms. The molecule has 0 aliphatic rings. The fourth-order valence-corrected chi connectivity index (χ4v) is 1.85. The second-order valence-corrected chi connectivity index (χ2v) is 3.77. The van der Waals surface area contributed by atoms with E-state index in [-0.39, 0.29) is 0 Å². The van der Waals surface area contributed by atoms with Crippen LogP contribution in [0.2, 0.25) is 0 Å². The molecule has 0 radical (unpaired) electrons. The van der Waals surface area contributed by atoms with Crippen molar-refractivity contribution >= 4 is 10.9 Å². The average Bonchev–Trinajstić information content (AvgIpc) is 2.30. The SMILES string of the molecule is C=CCc1cc2ccccc2nc1CC=C. The minimum atomic E-state index is 0.813. The molecule has 0 bridgehead atoms. The Kier molecular flexibility index (Phi) is 3.16. The van der Waals surface area contributed by atoms with Crippen molar-refractivity contribution in [2.75, 3.05) is 0 Å². The van der Waals surface area contributed by atoms with Crippen molar-refractivity contribution in [1.29, 1.82) is 0 Å². The summed E-state index contributed by atoms with van der Waals surface area (Å²) in [6.07, 6.45) is 5.48. The van der Waals surface area contributed by atoms with Gasteiger partial charge in [0, 0.05) is 17.5 Å². The topological polar surface area (TPSA) is 12.9 Å². The van der Waals surface area contributed by atoms with Crippen LogP contribution in [0.15, 0.2) is 55.6 Å². The zero-order valence-corrected chi connectivity index (χ0v) is 9.32. The predicted octanol–water partition coefficient (Wildman–Crippen LogP) is 3.69. The Balaban J connectivity index is 2.60. The van der Waals surface area contributed by atoms with Gasteiger partial charge in [0.1, 0.15) is 0 Å².